The van der Waals surface area contributed by atoms with Crippen LogP contribution in [0.5, 0.6) is 0 Å². The Morgan fingerprint density at radius 2 is 1.79 bits per heavy atom. The van der Waals surface area contributed by atoms with Crippen molar-refractivity contribution in [2.75, 3.05) is 38.1 Å². The zero-order valence-electron chi connectivity index (χ0n) is 19.0. The number of benzene rings is 2. The van der Waals surface area contributed by atoms with E-state index in [-0.39, 0.29) is 35.0 Å². The number of hydrogen-bond acceptors (Lipinski definition) is 4. The molecule has 0 bridgehead atoms. The second kappa shape index (κ2) is 9.46. The zero-order valence-corrected chi connectivity index (χ0v) is 19.0. The van der Waals surface area contributed by atoms with Gasteiger partial charge in [-0.3, -0.25) is 9.59 Å². The van der Waals surface area contributed by atoms with E-state index in [1.165, 1.54) is 25.1 Å². The molecular formula is C24H26F3N5O2. The number of rotatable bonds is 1. The Balaban J connectivity index is 1.69. The van der Waals surface area contributed by atoms with Crippen LogP contribution in [0, 0.1) is 0 Å². The first kappa shape index (κ1) is 23.7. The average Bonchev–Trinajstić information content (AvgIpc) is 3.22. The van der Waals surface area contributed by atoms with E-state index in [9.17, 15) is 22.8 Å². The summed E-state index contributed by atoms with van der Waals surface area (Å²) in [6, 6.07) is 11.8. The fraction of sp³-hybridized carbons (Fsp3) is 0.375. The van der Waals surface area contributed by atoms with Crippen molar-refractivity contribution in [1.82, 2.24) is 19.8 Å². The Hall–Kier alpha value is -3.40. The number of carbonyl (C=O) groups is 2. The molecule has 10 heteroatoms. The normalized spacial score (nSPS) is 16.3. The Morgan fingerprint density at radius 1 is 1.03 bits per heavy atom. The maximum atomic E-state index is 13.5. The highest BCUT2D eigenvalue weighted by Gasteiger charge is 2.35. The van der Waals surface area contributed by atoms with E-state index in [1.807, 2.05) is 31.3 Å². The molecule has 7 nitrogen and oxygen atoms in total. The van der Waals surface area contributed by atoms with Crippen molar-refractivity contribution in [3.63, 3.8) is 0 Å². The van der Waals surface area contributed by atoms with Gasteiger partial charge in [-0.2, -0.15) is 13.2 Å². The van der Waals surface area contributed by atoms with Crippen LogP contribution < -0.4 is 4.90 Å². The van der Waals surface area contributed by atoms with Crippen LogP contribution in [0.2, 0.25) is 0 Å². The van der Waals surface area contributed by atoms with E-state index in [1.54, 1.807) is 9.80 Å². The fourth-order valence-corrected chi connectivity index (χ4v) is 4.17. The summed E-state index contributed by atoms with van der Waals surface area (Å²) in [6.07, 6.45) is -3.81. The molecule has 1 N–H and O–H groups in total. The molecule has 4 rings (SSSR count). The van der Waals surface area contributed by atoms with Gasteiger partial charge in [0, 0.05) is 44.4 Å². The van der Waals surface area contributed by atoms with Crippen molar-refractivity contribution in [2.45, 2.75) is 26.1 Å². The third-order valence-electron chi connectivity index (χ3n) is 5.98. The summed E-state index contributed by atoms with van der Waals surface area (Å²) >= 11 is 0. The standard InChI is InChI=1S/C24H26F3N5O2/c1-16(33)32-11-5-10-30(2)12-13-31(15-18-6-3-4-7-21(18)32)22(34)17-8-9-19-20(14-17)29-23(28-19)24(25,26)27/h3-4,6-9,14H,5,10-13,15H2,1-2H3,(H,28,29). The van der Waals surface area contributed by atoms with E-state index in [0.29, 0.717) is 19.6 Å². The summed E-state index contributed by atoms with van der Waals surface area (Å²) < 4.78 is 39.1. The summed E-state index contributed by atoms with van der Waals surface area (Å²) in [5, 5.41) is 0. The lowest BCUT2D eigenvalue weighted by atomic mass is 10.1. The van der Waals surface area contributed by atoms with Crippen LogP contribution >= 0.6 is 0 Å². The average molecular weight is 473 g/mol. The van der Waals surface area contributed by atoms with E-state index < -0.39 is 12.0 Å². The molecule has 1 aromatic heterocycles. The van der Waals surface area contributed by atoms with E-state index in [4.69, 9.17) is 0 Å². The number of carbonyl (C=O) groups excluding carboxylic acids is 2. The van der Waals surface area contributed by atoms with Crippen molar-refractivity contribution >= 4 is 28.5 Å². The monoisotopic (exact) mass is 473 g/mol. The molecule has 0 fully saturated rings. The third-order valence-corrected chi connectivity index (χ3v) is 5.98. The number of para-hydroxylation sites is 1. The van der Waals surface area contributed by atoms with Gasteiger partial charge in [-0.1, -0.05) is 18.2 Å². The second-order valence-corrected chi connectivity index (χ2v) is 8.50. The van der Waals surface area contributed by atoms with Crippen LogP contribution in [0.15, 0.2) is 42.5 Å². The van der Waals surface area contributed by atoms with Crippen LogP contribution in [-0.2, 0) is 17.5 Å². The number of fused-ring (bicyclic) bond motifs is 2. The quantitative estimate of drug-likeness (QED) is 0.582. The molecule has 0 unspecified atom stereocenters. The molecule has 1 aliphatic heterocycles. The molecule has 180 valence electrons. The molecule has 1 aliphatic rings. The number of aromatic amines is 1. The first-order valence-corrected chi connectivity index (χ1v) is 11.0. The van der Waals surface area contributed by atoms with Gasteiger partial charge in [0.25, 0.3) is 5.91 Å². The number of likely N-dealkylation sites (N-methyl/N-ethyl adjacent to an activating group) is 1. The predicted molar refractivity (Wildman–Crippen MR) is 122 cm³/mol. The van der Waals surface area contributed by atoms with Crippen molar-refractivity contribution in [2.24, 2.45) is 0 Å². The Labute approximate surface area is 195 Å². The van der Waals surface area contributed by atoms with Crippen LogP contribution in [0.1, 0.15) is 35.1 Å². The molecule has 3 aromatic rings. The van der Waals surface area contributed by atoms with E-state index in [2.05, 4.69) is 14.9 Å². The number of H-pyrrole nitrogens is 1. The maximum Gasteiger partial charge on any atom is 0.449 e. The summed E-state index contributed by atoms with van der Waals surface area (Å²) in [7, 11) is 1.96. The number of hydrogen-bond donors (Lipinski definition) is 1. The number of amides is 2. The van der Waals surface area contributed by atoms with Crippen LogP contribution in [0.25, 0.3) is 11.0 Å². The smallest absolute Gasteiger partial charge is 0.334 e. The highest BCUT2D eigenvalue weighted by atomic mass is 19.4. The van der Waals surface area contributed by atoms with Crippen LogP contribution in [0.4, 0.5) is 18.9 Å². The second-order valence-electron chi connectivity index (χ2n) is 8.50. The Kier molecular flexibility index (Phi) is 6.60. The van der Waals surface area contributed by atoms with Gasteiger partial charge < -0.3 is 19.7 Å². The fourth-order valence-electron chi connectivity index (χ4n) is 4.17. The summed E-state index contributed by atoms with van der Waals surface area (Å²) in [5.41, 5.74) is 2.15. The lowest BCUT2D eigenvalue weighted by Gasteiger charge is -2.27. The number of anilines is 1. The van der Waals surface area contributed by atoms with E-state index in [0.717, 1.165) is 24.2 Å². The van der Waals surface area contributed by atoms with Crippen molar-refractivity contribution in [1.29, 1.82) is 0 Å². The molecule has 0 atom stereocenters. The largest absolute Gasteiger partial charge is 0.449 e. The van der Waals surface area contributed by atoms with Gasteiger partial charge in [0.05, 0.1) is 11.0 Å². The third kappa shape index (κ3) is 5.06. The first-order chi connectivity index (χ1) is 16.1. The summed E-state index contributed by atoms with van der Waals surface area (Å²) in [5.74, 6) is -1.47. The minimum atomic E-state index is -4.60. The number of imidazole rings is 1. The topological polar surface area (TPSA) is 72.5 Å². The lowest BCUT2D eigenvalue weighted by molar-refractivity contribution is -0.144. The lowest BCUT2D eigenvalue weighted by Crippen LogP contribution is -2.37. The zero-order chi connectivity index (χ0) is 24.5. The molecule has 2 amide bonds. The van der Waals surface area contributed by atoms with Gasteiger partial charge in [0.15, 0.2) is 0 Å². The highest BCUT2D eigenvalue weighted by Crippen LogP contribution is 2.29. The van der Waals surface area contributed by atoms with Crippen LogP contribution in [-0.4, -0.2) is 64.8 Å². The minimum Gasteiger partial charge on any atom is -0.334 e. The van der Waals surface area contributed by atoms with E-state index >= 15 is 0 Å². The maximum absolute atomic E-state index is 13.5. The molecular weight excluding hydrogens is 447 g/mol. The number of halogens is 3. The first-order valence-electron chi connectivity index (χ1n) is 11.0. The molecule has 0 saturated heterocycles. The van der Waals surface area contributed by atoms with Gasteiger partial charge in [-0.15, -0.1) is 0 Å². The van der Waals surface area contributed by atoms with Crippen molar-refractivity contribution < 1.29 is 22.8 Å². The SMILES string of the molecule is CC(=O)N1CCCN(C)CCN(C(=O)c2ccc3nc(C(F)(F)F)[nH]c3c2)Cc2ccccc21. The van der Waals surface area contributed by atoms with Crippen LogP contribution in [0.3, 0.4) is 0 Å². The number of nitrogens with one attached hydrogen (secondary N) is 1. The highest BCUT2D eigenvalue weighted by molar-refractivity contribution is 5.97. The molecule has 0 spiro atoms. The van der Waals surface area contributed by atoms with Gasteiger partial charge in [0.2, 0.25) is 11.7 Å². The van der Waals surface area contributed by atoms with Crippen molar-refractivity contribution in [3.05, 3.63) is 59.4 Å². The molecule has 0 aliphatic carbocycles. The van der Waals surface area contributed by atoms with Crippen molar-refractivity contribution in [3.8, 4) is 0 Å². The Bertz CT molecular complexity index is 1210. The number of alkyl halides is 3. The van der Waals surface area contributed by atoms with Gasteiger partial charge >= 0.3 is 6.18 Å². The van der Waals surface area contributed by atoms with Gasteiger partial charge in [-0.25, -0.2) is 4.98 Å². The molecule has 0 radical (unpaired) electrons. The minimum absolute atomic E-state index is 0.0719. The molecule has 34 heavy (non-hydrogen) atoms. The summed E-state index contributed by atoms with van der Waals surface area (Å²) in [4.78, 5) is 37.2. The molecule has 2 heterocycles. The van der Waals surface area contributed by atoms with Gasteiger partial charge in [0.1, 0.15) is 0 Å². The number of nitrogens with zero attached hydrogens (tertiary/aromatic N) is 4. The van der Waals surface area contributed by atoms with Gasteiger partial charge in [-0.05, 0) is 49.8 Å². The molecule has 2 aromatic carbocycles. The molecule has 0 saturated carbocycles. The Morgan fingerprint density at radius 3 is 2.53 bits per heavy atom. The summed E-state index contributed by atoms with van der Waals surface area (Å²) in [6.45, 7) is 4.17. The number of aromatic nitrogens is 2. The predicted octanol–water partition coefficient (Wildman–Crippen LogP) is 3.91.